The van der Waals surface area contributed by atoms with Crippen LogP contribution in [0.5, 0.6) is 0 Å². The second-order valence-corrected chi connectivity index (χ2v) is 5.45. The lowest BCUT2D eigenvalue weighted by atomic mass is 10.1. The Morgan fingerprint density at radius 2 is 2.10 bits per heavy atom. The van der Waals surface area contributed by atoms with Crippen molar-refractivity contribution in [2.24, 2.45) is 0 Å². The zero-order valence-corrected chi connectivity index (χ0v) is 13.0. The van der Waals surface area contributed by atoms with E-state index in [1.165, 1.54) is 17.0 Å². The number of carbonyl (C=O) groups is 2. The fraction of sp³-hybridized carbons (Fsp3) is 0.429. The summed E-state index contributed by atoms with van der Waals surface area (Å²) in [6.07, 6.45) is 0.648. The van der Waals surface area contributed by atoms with Crippen LogP contribution in [0.1, 0.15) is 25.8 Å². The van der Waals surface area contributed by atoms with Crippen molar-refractivity contribution in [1.29, 1.82) is 0 Å². The molecule has 0 saturated heterocycles. The van der Waals surface area contributed by atoms with Gasteiger partial charge in [0.15, 0.2) is 0 Å². The van der Waals surface area contributed by atoms with Crippen molar-refractivity contribution < 1.29 is 19.1 Å². The molecule has 20 heavy (non-hydrogen) atoms. The van der Waals surface area contributed by atoms with Crippen LogP contribution in [-0.4, -0.2) is 34.5 Å². The number of amides is 1. The van der Waals surface area contributed by atoms with Crippen LogP contribution in [-0.2, 0) is 16.0 Å². The number of carboxylic acids is 1. The highest BCUT2D eigenvalue weighted by Crippen LogP contribution is 2.17. The molecule has 0 heterocycles. The fourth-order valence-electron chi connectivity index (χ4n) is 1.78. The minimum atomic E-state index is -1.05. The number of carbonyl (C=O) groups excluding carboxylic acids is 1. The molecule has 1 aromatic carbocycles. The van der Waals surface area contributed by atoms with Crippen molar-refractivity contribution >= 4 is 27.8 Å². The first-order chi connectivity index (χ1) is 9.35. The maximum Gasteiger partial charge on any atom is 0.323 e. The van der Waals surface area contributed by atoms with E-state index in [4.69, 9.17) is 5.11 Å². The summed E-state index contributed by atoms with van der Waals surface area (Å²) >= 11 is 3.04. The van der Waals surface area contributed by atoms with Gasteiger partial charge in [-0.1, -0.05) is 13.0 Å². The third-order valence-electron chi connectivity index (χ3n) is 3.09. The second-order valence-electron chi connectivity index (χ2n) is 4.60. The van der Waals surface area contributed by atoms with E-state index in [0.717, 1.165) is 0 Å². The highest BCUT2D eigenvalue weighted by Gasteiger charge is 2.21. The molecule has 0 fully saturated rings. The van der Waals surface area contributed by atoms with Gasteiger partial charge in [0.25, 0.3) is 0 Å². The van der Waals surface area contributed by atoms with Gasteiger partial charge in [-0.25, -0.2) is 4.39 Å². The number of rotatable bonds is 6. The minimum Gasteiger partial charge on any atom is -0.480 e. The Morgan fingerprint density at radius 3 is 2.60 bits per heavy atom. The van der Waals surface area contributed by atoms with E-state index in [1.54, 1.807) is 13.0 Å². The first-order valence-corrected chi connectivity index (χ1v) is 7.09. The summed E-state index contributed by atoms with van der Waals surface area (Å²) in [4.78, 5) is 24.3. The Bertz CT molecular complexity index is 507. The molecule has 0 aromatic heterocycles. The summed E-state index contributed by atoms with van der Waals surface area (Å²) < 4.78 is 13.7. The Labute approximate surface area is 125 Å². The zero-order valence-electron chi connectivity index (χ0n) is 11.4. The third kappa shape index (κ3) is 4.59. The normalized spacial score (nSPS) is 12.0. The lowest BCUT2D eigenvalue weighted by Crippen LogP contribution is -2.42. The van der Waals surface area contributed by atoms with Crippen molar-refractivity contribution in [2.75, 3.05) is 6.54 Å². The quantitative estimate of drug-likeness (QED) is 0.862. The molecule has 0 saturated carbocycles. The molecule has 0 aliphatic carbocycles. The van der Waals surface area contributed by atoms with Crippen LogP contribution >= 0.6 is 15.9 Å². The van der Waals surface area contributed by atoms with Crippen LogP contribution in [0.15, 0.2) is 22.7 Å². The summed E-state index contributed by atoms with van der Waals surface area (Å²) in [6, 6.07) is 4.28. The lowest BCUT2D eigenvalue weighted by molar-refractivity contribution is -0.145. The highest BCUT2D eigenvalue weighted by molar-refractivity contribution is 9.10. The average molecular weight is 346 g/mol. The van der Waals surface area contributed by atoms with Crippen molar-refractivity contribution in [3.8, 4) is 0 Å². The molecule has 0 radical (unpaired) electrons. The smallest absolute Gasteiger partial charge is 0.323 e. The van der Waals surface area contributed by atoms with Crippen LogP contribution in [0, 0.1) is 5.82 Å². The SMILES string of the molecule is CCC(C)N(CC(=O)O)C(=O)Cc1ccc(Br)c(F)c1. The van der Waals surface area contributed by atoms with E-state index >= 15 is 0 Å². The summed E-state index contributed by atoms with van der Waals surface area (Å²) in [7, 11) is 0. The molecule has 1 amide bonds. The van der Waals surface area contributed by atoms with Crippen LogP contribution in [0.4, 0.5) is 4.39 Å². The van der Waals surface area contributed by atoms with Crippen LogP contribution in [0.25, 0.3) is 0 Å². The minimum absolute atomic E-state index is 0.0121. The predicted molar refractivity (Wildman–Crippen MR) is 76.9 cm³/mol. The van der Waals surface area contributed by atoms with Gasteiger partial charge in [-0.2, -0.15) is 0 Å². The molecule has 0 spiro atoms. The predicted octanol–water partition coefficient (Wildman–Crippen LogP) is 2.84. The van der Waals surface area contributed by atoms with E-state index in [9.17, 15) is 14.0 Å². The van der Waals surface area contributed by atoms with Gasteiger partial charge >= 0.3 is 5.97 Å². The van der Waals surface area contributed by atoms with Crippen molar-refractivity contribution in [2.45, 2.75) is 32.7 Å². The Kier molecular flexibility index (Phi) is 6.13. The average Bonchev–Trinajstić information content (AvgIpc) is 2.39. The Morgan fingerprint density at radius 1 is 1.45 bits per heavy atom. The van der Waals surface area contributed by atoms with E-state index in [-0.39, 0.29) is 24.9 Å². The molecule has 6 heteroatoms. The molecular formula is C14H17BrFNO3. The van der Waals surface area contributed by atoms with Gasteiger partial charge in [-0.3, -0.25) is 9.59 Å². The van der Waals surface area contributed by atoms with Crippen LogP contribution in [0.2, 0.25) is 0 Å². The molecule has 1 aromatic rings. The van der Waals surface area contributed by atoms with E-state index in [0.29, 0.717) is 16.5 Å². The Balaban J connectivity index is 2.84. The molecule has 1 rings (SSSR count). The fourth-order valence-corrected chi connectivity index (χ4v) is 2.03. The van der Waals surface area contributed by atoms with Crippen LogP contribution < -0.4 is 0 Å². The molecule has 0 aliphatic heterocycles. The molecule has 110 valence electrons. The number of carboxylic acid groups (broad SMARTS) is 1. The molecule has 0 bridgehead atoms. The molecule has 1 unspecified atom stereocenters. The maximum atomic E-state index is 13.4. The first kappa shape index (κ1) is 16.6. The topological polar surface area (TPSA) is 57.6 Å². The van der Waals surface area contributed by atoms with E-state index < -0.39 is 11.8 Å². The number of hydrogen-bond acceptors (Lipinski definition) is 2. The van der Waals surface area contributed by atoms with E-state index in [2.05, 4.69) is 15.9 Å². The van der Waals surface area contributed by atoms with Gasteiger partial charge < -0.3 is 10.0 Å². The molecule has 4 nitrogen and oxygen atoms in total. The first-order valence-electron chi connectivity index (χ1n) is 6.30. The largest absolute Gasteiger partial charge is 0.480 e. The second kappa shape index (κ2) is 7.38. The summed E-state index contributed by atoms with van der Waals surface area (Å²) in [5.41, 5.74) is 0.523. The van der Waals surface area contributed by atoms with Gasteiger partial charge in [-0.05, 0) is 47.0 Å². The third-order valence-corrected chi connectivity index (χ3v) is 3.73. The van der Waals surface area contributed by atoms with Crippen molar-refractivity contribution in [3.63, 3.8) is 0 Å². The molecular weight excluding hydrogens is 329 g/mol. The molecule has 1 N–H and O–H groups in total. The number of benzene rings is 1. The van der Waals surface area contributed by atoms with Gasteiger partial charge in [0.05, 0.1) is 10.9 Å². The van der Waals surface area contributed by atoms with Gasteiger partial charge in [0.2, 0.25) is 5.91 Å². The summed E-state index contributed by atoms with van der Waals surface area (Å²) in [5.74, 6) is -1.81. The zero-order chi connectivity index (χ0) is 15.3. The Hall–Kier alpha value is -1.43. The number of hydrogen-bond donors (Lipinski definition) is 1. The number of nitrogens with zero attached hydrogens (tertiary/aromatic N) is 1. The number of aliphatic carboxylic acids is 1. The standard InChI is InChI=1S/C14H17BrFNO3/c1-3-9(2)17(8-14(19)20)13(18)7-10-4-5-11(15)12(16)6-10/h4-6,9H,3,7-8H2,1-2H3,(H,19,20). The lowest BCUT2D eigenvalue weighted by Gasteiger charge is -2.27. The number of halogens is 2. The van der Waals surface area contributed by atoms with Crippen LogP contribution in [0.3, 0.4) is 0 Å². The van der Waals surface area contributed by atoms with Crippen molar-refractivity contribution in [1.82, 2.24) is 4.90 Å². The summed E-state index contributed by atoms with van der Waals surface area (Å²) in [6.45, 7) is 3.34. The monoisotopic (exact) mass is 345 g/mol. The highest BCUT2D eigenvalue weighted by atomic mass is 79.9. The van der Waals surface area contributed by atoms with Gasteiger partial charge in [0.1, 0.15) is 12.4 Å². The van der Waals surface area contributed by atoms with Gasteiger partial charge in [-0.15, -0.1) is 0 Å². The van der Waals surface area contributed by atoms with Crippen molar-refractivity contribution in [3.05, 3.63) is 34.1 Å². The summed E-state index contributed by atoms with van der Waals surface area (Å²) in [5, 5.41) is 8.86. The molecule has 1 atom stereocenters. The van der Waals surface area contributed by atoms with E-state index in [1.807, 2.05) is 6.92 Å². The maximum absolute atomic E-state index is 13.4. The van der Waals surface area contributed by atoms with Gasteiger partial charge in [0, 0.05) is 6.04 Å². The molecule has 0 aliphatic rings.